The molecule has 2 aliphatic heterocycles. The first-order chi connectivity index (χ1) is 18.5. The minimum absolute atomic E-state index is 0.127. The standard InChI is InChI=1S/C31H28N4O3/c1-21-10-15-28(30(36)33-21)35-17-26-25(31(35)37)8-5-9-29(26)38-19-23-13-11-22(12-14-23)16-34-18-27(32-20-34)24-6-3-2-4-7-24/h2-9,11-14,18,20,28H,1,10,15-17,19H2,(H,33,36). The number of carbonyl (C=O) groups is 2. The lowest BCUT2D eigenvalue weighted by atomic mass is 10.0. The van der Waals surface area contributed by atoms with Crippen LogP contribution in [0.5, 0.6) is 5.75 Å². The van der Waals surface area contributed by atoms with E-state index < -0.39 is 6.04 Å². The zero-order valence-electron chi connectivity index (χ0n) is 21.0. The number of fused-ring (bicyclic) bond motifs is 1. The van der Waals surface area contributed by atoms with Gasteiger partial charge in [-0.15, -0.1) is 0 Å². The topological polar surface area (TPSA) is 76.5 Å². The fourth-order valence-electron chi connectivity index (χ4n) is 5.09. The van der Waals surface area contributed by atoms with E-state index in [1.54, 1.807) is 11.0 Å². The average molecular weight is 505 g/mol. The van der Waals surface area contributed by atoms with Crippen LogP contribution in [-0.4, -0.2) is 32.3 Å². The summed E-state index contributed by atoms with van der Waals surface area (Å²) >= 11 is 0. The summed E-state index contributed by atoms with van der Waals surface area (Å²) in [6, 6.07) is 23.5. The maximum atomic E-state index is 13.1. The predicted molar refractivity (Wildman–Crippen MR) is 144 cm³/mol. The number of nitrogens with one attached hydrogen (secondary N) is 1. The predicted octanol–water partition coefficient (Wildman–Crippen LogP) is 4.93. The van der Waals surface area contributed by atoms with Crippen molar-refractivity contribution in [2.75, 3.05) is 0 Å². The first-order valence-electron chi connectivity index (χ1n) is 12.7. The molecule has 7 heteroatoms. The molecule has 1 atom stereocenters. The molecule has 1 fully saturated rings. The molecule has 38 heavy (non-hydrogen) atoms. The average Bonchev–Trinajstić information content (AvgIpc) is 3.54. The van der Waals surface area contributed by atoms with Crippen LogP contribution in [0.25, 0.3) is 11.3 Å². The fourth-order valence-corrected chi connectivity index (χ4v) is 5.09. The SMILES string of the molecule is C=C1CCC(N2Cc3c(OCc4ccc(Cn5cnc(-c6ccccc6)c5)cc4)cccc3C2=O)C(=O)N1. The third kappa shape index (κ3) is 4.70. The number of ether oxygens (including phenoxy) is 1. The van der Waals surface area contributed by atoms with E-state index in [2.05, 4.69) is 64.0 Å². The van der Waals surface area contributed by atoms with Crippen LogP contribution in [0.2, 0.25) is 0 Å². The molecule has 3 heterocycles. The Balaban J connectivity index is 1.09. The van der Waals surface area contributed by atoms with Crippen LogP contribution < -0.4 is 10.1 Å². The molecule has 190 valence electrons. The summed E-state index contributed by atoms with van der Waals surface area (Å²) in [4.78, 5) is 31.7. The molecule has 0 bridgehead atoms. The number of allylic oxidation sites excluding steroid dienone is 1. The Morgan fingerprint density at radius 1 is 0.974 bits per heavy atom. The van der Waals surface area contributed by atoms with Gasteiger partial charge in [0.15, 0.2) is 0 Å². The van der Waals surface area contributed by atoms with Crippen LogP contribution in [0.15, 0.2) is 97.6 Å². The van der Waals surface area contributed by atoms with Gasteiger partial charge in [0.2, 0.25) is 5.91 Å². The Morgan fingerprint density at radius 3 is 2.55 bits per heavy atom. The van der Waals surface area contributed by atoms with E-state index in [0.717, 1.165) is 28.9 Å². The van der Waals surface area contributed by atoms with E-state index in [1.807, 2.05) is 36.7 Å². The molecule has 7 nitrogen and oxygen atoms in total. The molecule has 0 radical (unpaired) electrons. The summed E-state index contributed by atoms with van der Waals surface area (Å²) in [7, 11) is 0. The van der Waals surface area contributed by atoms with Crippen molar-refractivity contribution in [1.82, 2.24) is 19.8 Å². The molecule has 0 spiro atoms. The molecule has 2 aliphatic rings. The quantitative estimate of drug-likeness (QED) is 0.387. The van der Waals surface area contributed by atoms with Gasteiger partial charge in [0.1, 0.15) is 18.4 Å². The highest BCUT2D eigenvalue weighted by molar-refractivity contribution is 6.02. The molecule has 1 unspecified atom stereocenters. The first-order valence-corrected chi connectivity index (χ1v) is 12.7. The van der Waals surface area contributed by atoms with Crippen molar-refractivity contribution in [1.29, 1.82) is 0 Å². The molecule has 2 amide bonds. The van der Waals surface area contributed by atoms with Gasteiger partial charge in [0, 0.05) is 35.1 Å². The van der Waals surface area contributed by atoms with Gasteiger partial charge >= 0.3 is 0 Å². The molecule has 1 N–H and O–H groups in total. The molecule has 1 aromatic heterocycles. The van der Waals surface area contributed by atoms with E-state index >= 15 is 0 Å². The second kappa shape index (κ2) is 10.0. The molecule has 6 rings (SSSR count). The monoisotopic (exact) mass is 504 g/mol. The van der Waals surface area contributed by atoms with Crippen molar-refractivity contribution in [3.05, 3.63) is 120 Å². The second-order valence-corrected chi connectivity index (χ2v) is 9.77. The number of aromatic nitrogens is 2. The van der Waals surface area contributed by atoms with Crippen LogP contribution in [0.4, 0.5) is 0 Å². The smallest absolute Gasteiger partial charge is 0.255 e. The van der Waals surface area contributed by atoms with Gasteiger partial charge in [-0.3, -0.25) is 9.59 Å². The maximum Gasteiger partial charge on any atom is 0.255 e. The van der Waals surface area contributed by atoms with E-state index in [-0.39, 0.29) is 11.8 Å². The number of nitrogens with zero attached hydrogens (tertiary/aromatic N) is 3. The van der Waals surface area contributed by atoms with Gasteiger partial charge in [-0.05, 0) is 36.1 Å². The normalized spacial score (nSPS) is 16.9. The van der Waals surface area contributed by atoms with Crippen molar-refractivity contribution in [3.63, 3.8) is 0 Å². The first kappa shape index (κ1) is 23.7. The maximum absolute atomic E-state index is 13.1. The fraction of sp³-hybridized carbons (Fsp3) is 0.194. The number of piperidine rings is 1. The van der Waals surface area contributed by atoms with Crippen molar-refractivity contribution < 1.29 is 14.3 Å². The third-order valence-electron chi connectivity index (χ3n) is 7.14. The van der Waals surface area contributed by atoms with Gasteiger partial charge in [-0.25, -0.2) is 4.98 Å². The number of amides is 2. The van der Waals surface area contributed by atoms with Crippen molar-refractivity contribution >= 4 is 11.8 Å². The Morgan fingerprint density at radius 2 is 1.76 bits per heavy atom. The molecular weight excluding hydrogens is 476 g/mol. The number of hydrogen-bond donors (Lipinski definition) is 1. The zero-order chi connectivity index (χ0) is 26.1. The van der Waals surface area contributed by atoms with Crippen molar-refractivity contribution in [3.8, 4) is 17.0 Å². The zero-order valence-corrected chi connectivity index (χ0v) is 21.0. The van der Waals surface area contributed by atoms with Crippen molar-refractivity contribution in [2.24, 2.45) is 0 Å². The third-order valence-corrected chi connectivity index (χ3v) is 7.14. The summed E-state index contributed by atoms with van der Waals surface area (Å²) in [5.74, 6) is 0.379. The van der Waals surface area contributed by atoms with Gasteiger partial charge in [-0.2, -0.15) is 0 Å². The number of benzene rings is 3. The summed E-state index contributed by atoms with van der Waals surface area (Å²) in [6.07, 6.45) is 5.16. The number of rotatable bonds is 7. The van der Waals surface area contributed by atoms with Crippen LogP contribution >= 0.6 is 0 Å². The Bertz CT molecular complexity index is 1510. The Hall–Kier alpha value is -4.65. The van der Waals surface area contributed by atoms with Crippen LogP contribution in [0.3, 0.4) is 0 Å². The van der Waals surface area contributed by atoms with E-state index in [4.69, 9.17) is 4.74 Å². The summed E-state index contributed by atoms with van der Waals surface area (Å²) < 4.78 is 8.24. The number of carbonyl (C=O) groups excluding carboxylic acids is 2. The highest BCUT2D eigenvalue weighted by Crippen LogP contribution is 2.34. The largest absolute Gasteiger partial charge is 0.489 e. The lowest BCUT2D eigenvalue weighted by Gasteiger charge is -2.31. The molecule has 1 saturated heterocycles. The second-order valence-electron chi connectivity index (χ2n) is 9.77. The van der Waals surface area contributed by atoms with E-state index in [1.165, 1.54) is 5.56 Å². The summed E-state index contributed by atoms with van der Waals surface area (Å²) in [5, 5.41) is 2.78. The van der Waals surface area contributed by atoms with Crippen LogP contribution in [0, 0.1) is 0 Å². The van der Waals surface area contributed by atoms with Crippen molar-refractivity contribution in [2.45, 2.75) is 38.6 Å². The number of hydrogen-bond acceptors (Lipinski definition) is 4. The lowest BCUT2D eigenvalue weighted by Crippen LogP contribution is -2.49. The molecule has 4 aromatic rings. The van der Waals surface area contributed by atoms with Gasteiger partial charge in [-0.1, -0.05) is 67.2 Å². The summed E-state index contributed by atoms with van der Waals surface area (Å²) in [6.45, 7) is 5.31. The highest BCUT2D eigenvalue weighted by Gasteiger charge is 2.39. The van der Waals surface area contributed by atoms with Crippen LogP contribution in [-0.2, 0) is 24.5 Å². The Kier molecular flexibility index (Phi) is 6.25. The minimum Gasteiger partial charge on any atom is -0.489 e. The van der Waals surface area contributed by atoms with E-state index in [9.17, 15) is 9.59 Å². The molecular formula is C31H28N4O3. The lowest BCUT2D eigenvalue weighted by molar-refractivity contribution is -0.126. The molecule has 0 aliphatic carbocycles. The molecule has 0 saturated carbocycles. The van der Waals surface area contributed by atoms with Crippen LogP contribution in [0.1, 0.15) is 39.9 Å². The molecule has 3 aromatic carbocycles. The Labute approximate surface area is 221 Å². The van der Waals surface area contributed by atoms with E-state index in [0.29, 0.717) is 43.0 Å². The number of imidazole rings is 1. The van der Waals surface area contributed by atoms with Gasteiger partial charge in [0.25, 0.3) is 5.91 Å². The van der Waals surface area contributed by atoms with Gasteiger partial charge in [0.05, 0.1) is 18.6 Å². The minimum atomic E-state index is -0.486. The van der Waals surface area contributed by atoms with Gasteiger partial charge < -0.3 is 19.5 Å². The highest BCUT2D eigenvalue weighted by atomic mass is 16.5. The summed E-state index contributed by atoms with van der Waals surface area (Å²) in [5.41, 5.74) is 6.40.